The Labute approximate surface area is 159 Å². The molecule has 1 aliphatic rings. The maximum absolute atomic E-state index is 12.7. The highest BCUT2D eigenvalue weighted by molar-refractivity contribution is 5.92. The molecule has 1 amide bonds. The minimum atomic E-state index is 0.00336. The number of H-pyrrole nitrogens is 1. The smallest absolute Gasteiger partial charge is 0.272 e. The first kappa shape index (κ1) is 17.5. The first-order valence-electron chi connectivity index (χ1n) is 9.62. The highest BCUT2D eigenvalue weighted by Crippen LogP contribution is 2.19. The van der Waals surface area contributed by atoms with E-state index in [-0.39, 0.29) is 5.91 Å². The topological polar surface area (TPSA) is 73.9 Å². The number of amides is 1. The quantitative estimate of drug-likeness (QED) is 0.728. The molecule has 1 unspecified atom stereocenters. The fraction of sp³-hybridized carbons (Fsp3) is 0.381. The van der Waals surface area contributed by atoms with Crippen molar-refractivity contribution < 1.29 is 4.79 Å². The van der Waals surface area contributed by atoms with Crippen molar-refractivity contribution in [2.45, 2.75) is 26.2 Å². The van der Waals surface area contributed by atoms with Crippen LogP contribution in [0.3, 0.4) is 0 Å². The molecular weight excluding hydrogens is 338 g/mol. The molecule has 3 aromatic rings. The summed E-state index contributed by atoms with van der Waals surface area (Å²) in [6.07, 6.45) is 6.81. The molecule has 0 saturated carbocycles. The minimum Gasteiger partial charge on any atom is -0.361 e. The molecule has 6 heteroatoms. The number of carbonyl (C=O) groups excluding carboxylic acids is 1. The van der Waals surface area contributed by atoms with E-state index in [4.69, 9.17) is 0 Å². The van der Waals surface area contributed by atoms with E-state index in [0.29, 0.717) is 24.1 Å². The summed E-state index contributed by atoms with van der Waals surface area (Å²) in [4.78, 5) is 26.6. The zero-order valence-corrected chi connectivity index (χ0v) is 15.6. The number of carbonyl (C=O) groups is 1. The van der Waals surface area contributed by atoms with Crippen LogP contribution < -0.4 is 5.32 Å². The lowest BCUT2D eigenvalue weighted by molar-refractivity contribution is 0.0677. The number of fused-ring (bicyclic) bond motifs is 1. The van der Waals surface area contributed by atoms with Crippen molar-refractivity contribution in [3.63, 3.8) is 0 Å². The molecule has 6 nitrogen and oxygen atoms in total. The average Bonchev–Trinajstić information content (AvgIpc) is 3.11. The first-order valence-corrected chi connectivity index (χ1v) is 9.62. The van der Waals surface area contributed by atoms with Gasteiger partial charge < -0.3 is 15.2 Å². The lowest BCUT2D eigenvalue weighted by atomic mass is 10.00. The molecule has 1 fully saturated rings. The molecule has 0 spiro atoms. The van der Waals surface area contributed by atoms with Gasteiger partial charge in [-0.1, -0.05) is 25.1 Å². The van der Waals surface area contributed by atoms with Gasteiger partial charge in [-0.05, 0) is 42.9 Å². The number of para-hydroxylation sites is 1. The number of nitrogens with one attached hydrogen (secondary N) is 2. The van der Waals surface area contributed by atoms with Crippen LogP contribution in [0.1, 0.15) is 35.8 Å². The number of rotatable bonds is 5. The molecule has 1 aromatic carbocycles. The Morgan fingerprint density at radius 3 is 3.11 bits per heavy atom. The molecule has 1 aliphatic heterocycles. The van der Waals surface area contributed by atoms with Crippen LogP contribution in [-0.4, -0.2) is 45.4 Å². The summed E-state index contributed by atoms with van der Waals surface area (Å²) in [5.74, 6) is 1.06. The van der Waals surface area contributed by atoms with Crippen LogP contribution in [0.15, 0.2) is 42.7 Å². The number of nitrogens with zero attached hydrogens (tertiary/aromatic N) is 3. The van der Waals surface area contributed by atoms with Gasteiger partial charge in [-0.15, -0.1) is 0 Å². The number of likely N-dealkylation sites (tertiary alicyclic amines) is 1. The third-order valence-corrected chi connectivity index (χ3v) is 5.17. The number of aromatic nitrogens is 3. The predicted octanol–water partition coefficient (Wildman–Crippen LogP) is 3.48. The Bertz CT molecular complexity index is 935. The number of hydrogen-bond acceptors (Lipinski definition) is 4. The maximum atomic E-state index is 12.7. The zero-order valence-electron chi connectivity index (χ0n) is 15.6. The second kappa shape index (κ2) is 7.78. The summed E-state index contributed by atoms with van der Waals surface area (Å²) in [7, 11) is 0. The Morgan fingerprint density at radius 1 is 1.33 bits per heavy atom. The predicted molar refractivity (Wildman–Crippen MR) is 107 cm³/mol. The third kappa shape index (κ3) is 3.94. The van der Waals surface area contributed by atoms with Crippen LogP contribution in [0.25, 0.3) is 10.9 Å². The van der Waals surface area contributed by atoms with Crippen LogP contribution in [0.5, 0.6) is 0 Å². The molecule has 0 radical (unpaired) electrons. The Kier molecular flexibility index (Phi) is 5.05. The van der Waals surface area contributed by atoms with E-state index in [9.17, 15) is 4.79 Å². The number of aromatic amines is 1. The summed E-state index contributed by atoms with van der Waals surface area (Å²) in [6, 6.07) is 9.97. The standard InChI is InChI=1S/C21H25N5O/c1-15-5-4-12-26(14-15)20(27)19-9-11-23-21(25-19)22-10-8-16-13-24-18-7-3-2-6-17(16)18/h2-3,6-7,9,11,13,15,24H,4-5,8,10,12,14H2,1H3,(H,22,23,25). The summed E-state index contributed by atoms with van der Waals surface area (Å²) >= 11 is 0. The van der Waals surface area contributed by atoms with E-state index in [0.717, 1.165) is 31.4 Å². The second-order valence-corrected chi connectivity index (χ2v) is 7.30. The van der Waals surface area contributed by atoms with Gasteiger partial charge in [0.05, 0.1) is 0 Å². The zero-order chi connectivity index (χ0) is 18.6. The average molecular weight is 363 g/mol. The van der Waals surface area contributed by atoms with Gasteiger partial charge in [-0.3, -0.25) is 4.79 Å². The molecule has 3 heterocycles. The summed E-state index contributed by atoms with van der Waals surface area (Å²) in [5.41, 5.74) is 2.87. The van der Waals surface area contributed by atoms with Crippen LogP contribution in [0, 0.1) is 5.92 Å². The number of piperidine rings is 1. The van der Waals surface area contributed by atoms with Crippen LogP contribution in [-0.2, 0) is 6.42 Å². The molecule has 4 rings (SSSR count). The van der Waals surface area contributed by atoms with E-state index in [1.54, 1.807) is 12.3 Å². The molecule has 0 aliphatic carbocycles. The molecule has 1 atom stereocenters. The van der Waals surface area contributed by atoms with Crippen molar-refractivity contribution in [3.05, 3.63) is 54.0 Å². The Hall–Kier alpha value is -2.89. The molecule has 0 bridgehead atoms. The third-order valence-electron chi connectivity index (χ3n) is 5.17. The highest BCUT2D eigenvalue weighted by atomic mass is 16.2. The SMILES string of the molecule is CC1CCCN(C(=O)c2ccnc(NCCc3c[nH]c4ccccc34)n2)C1. The molecule has 140 valence electrons. The van der Waals surface area contributed by atoms with Gasteiger partial charge in [-0.25, -0.2) is 9.97 Å². The normalized spacial score (nSPS) is 17.2. The van der Waals surface area contributed by atoms with E-state index >= 15 is 0 Å². The summed E-state index contributed by atoms with van der Waals surface area (Å²) < 4.78 is 0. The Balaban J connectivity index is 1.38. The molecule has 27 heavy (non-hydrogen) atoms. The first-order chi connectivity index (χ1) is 13.2. The van der Waals surface area contributed by atoms with Crippen molar-refractivity contribution in [3.8, 4) is 0 Å². The van der Waals surface area contributed by atoms with Crippen molar-refractivity contribution in [2.24, 2.45) is 5.92 Å². The molecular formula is C21H25N5O. The minimum absolute atomic E-state index is 0.00336. The lowest BCUT2D eigenvalue weighted by Crippen LogP contribution is -2.39. The van der Waals surface area contributed by atoms with Crippen molar-refractivity contribution in [1.29, 1.82) is 0 Å². The molecule has 2 aromatic heterocycles. The second-order valence-electron chi connectivity index (χ2n) is 7.30. The van der Waals surface area contributed by atoms with E-state index in [1.807, 2.05) is 23.2 Å². The van der Waals surface area contributed by atoms with E-state index in [1.165, 1.54) is 17.4 Å². The van der Waals surface area contributed by atoms with Gasteiger partial charge in [0.25, 0.3) is 5.91 Å². The molecule has 2 N–H and O–H groups in total. The molecule has 1 saturated heterocycles. The number of benzene rings is 1. The largest absolute Gasteiger partial charge is 0.361 e. The lowest BCUT2D eigenvalue weighted by Gasteiger charge is -2.30. The van der Waals surface area contributed by atoms with E-state index < -0.39 is 0 Å². The van der Waals surface area contributed by atoms with Gasteiger partial charge >= 0.3 is 0 Å². The Morgan fingerprint density at radius 2 is 2.22 bits per heavy atom. The van der Waals surface area contributed by atoms with Crippen LogP contribution >= 0.6 is 0 Å². The van der Waals surface area contributed by atoms with Crippen molar-refractivity contribution in [1.82, 2.24) is 19.9 Å². The fourth-order valence-electron chi connectivity index (χ4n) is 3.75. The van der Waals surface area contributed by atoms with Crippen LogP contribution in [0.2, 0.25) is 0 Å². The highest BCUT2D eigenvalue weighted by Gasteiger charge is 2.23. The van der Waals surface area contributed by atoms with Gasteiger partial charge in [0.15, 0.2) is 0 Å². The van der Waals surface area contributed by atoms with Gasteiger partial charge in [0, 0.05) is 42.9 Å². The number of anilines is 1. The monoisotopic (exact) mass is 363 g/mol. The maximum Gasteiger partial charge on any atom is 0.272 e. The van der Waals surface area contributed by atoms with Crippen molar-refractivity contribution >= 4 is 22.8 Å². The van der Waals surface area contributed by atoms with Gasteiger partial charge in [-0.2, -0.15) is 0 Å². The van der Waals surface area contributed by atoms with Crippen molar-refractivity contribution in [2.75, 3.05) is 25.0 Å². The van der Waals surface area contributed by atoms with Gasteiger partial charge in [0.1, 0.15) is 5.69 Å². The van der Waals surface area contributed by atoms with Crippen LogP contribution in [0.4, 0.5) is 5.95 Å². The van der Waals surface area contributed by atoms with E-state index in [2.05, 4.69) is 39.3 Å². The summed E-state index contributed by atoms with van der Waals surface area (Å²) in [6.45, 7) is 4.53. The summed E-state index contributed by atoms with van der Waals surface area (Å²) in [5, 5.41) is 4.49. The number of hydrogen-bond donors (Lipinski definition) is 2. The van der Waals surface area contributed by atoms with Gasteiger partial charge in [0.2, 0.25) is 5.95 Å². The fourth-order valence-corrected chi connectivity index (χ4v) is 3.75.